The average Bonchev–Trinajstić information content (AvgIpc) is 3.52. The highest BCUT2D eigenvalue weighted by atomic mass is 32.1. The summed E-state index contributed by atoms with van der Waals surface area (Å²) < 4.78 is 17.6. The van der Waals surface area contributed by atoms with Gasteiger partial charge in [-0.05, 0) is 91.3 Å². The molecule has 0 aromatic carbocycles. The molecule has 0 amide bonds. The van der Waals surface area contributed by atoms with Crippen molar-refractivity contribution in [1.29, 1.82) is 0 Å². The van der Waals surface area contributed by atoms with E-state index < -0.39 is 6.10 Å². The molecule has 9 atom stereocenters. The first-order valence-electron chi connectivity index (χ1n) is 15.9. The molecule has 0 saturated heterocycles. The smallest absolute Gasteiger partial charge is 0.351 e. The van der Waals surface area contributed by atoms with Crippen LogP contribution < -0.4 is 9.47 Å². The number of carbonyl (C=O) groups is 1. The zero-order valence-electron chi connectivity index (χ0n) is 24.9. The highest BCUT2D eigenvalue weighted by Crippen LogP contribution is 2.67. The van der Waals surface area contributed by atoms with Gasteiger partial charge in [-0.2, -0.15) is 0 Å². The fourth-order valence-electron chi connectivity index (χ4n) is 9.93. The minimum atomic E-state index is -0.663. The molecule has 216 valence electrons. The van der Waals surface area contributed by atoms with Gasteiger partial charge in [0.25, 0.3) is 0 Å². The van der Waals surface area contributed by atoms with Crippen LogP contribution in [0.5, 0.6) is 11.5 Å². The lowest BCUT2D eigenvalue weighted by Crippen LogP contribution is -2.51. The molecule has 6 unspecified atom stereocenters. The molecule has 0 N–H and O–H groups in total. The molecule has 0 radical (unpaired) electrons. The zero-order chi connectivity index (χ0) is 27.4. The Kier molecular flexibility index (Phi) is 7.61. The molecule has 5 aliphatic rings. The summed E-state index contributed by atoms with van der Waals surface area (Å²) in [5.41, 5.74) is 2.36. The van der Waals surface area contributed by atoms with Gasteiger partial charge in [0, 0.05) is 17.2 Å². The summed E-state index contributed by atoms with van der Waals surface area (Å²) in [7, 11) is 0. The summed E-state index contributed by atoms with van der Waals surface area (Å²) in [6, 6.07) is 0. The molecule has 3 fully saturated rings. The van der Waals surface area contributed by atoms with Crippen molar-refractivity contribution in [2.75, 3.05) is 6.61 Å². The van der Waals surface area contributed by atoms with Crippen molar-refractivity contribution in [2.45, 2.75) is 117 Å². The van der Waals surface area contributed by atoms with E-state index >= 15 is 0 Å². The van der Waals surface area contributed by atoms with Crippen LogP contribution in [-0.4, -0.2) is 24.8 Å². The van der Waals surface area contributed by atoms with Gasteiger partial charge in [-0.25, -0.2) is 4.79 Å². The van der Waals surface area contributed by atoms with Crippen molar-refractivity contribution < 1.29 is 19.0 Å². The van der Waals surface area contributed by atoms with Crippen LogP contribution in [0.3, 0.4) is 0 Å². The fraction of sp³-hybridized carbons (Fsp3) is 0.794. The van der Waals surface area contributed by atoms with Crippen molar-refractivity contribution in [3.8, 4) is 11.5 Å². The first kappa shape index (κ1) is 27.7. The van der Waals surface area contributed by atoms with Crippen molar-refractivity contribution in [1.82, 2.24) is 0 Å². The largest absolute Gasteiger partial charge is 0.484 e. The Balaban J connectivity index is 1.09. The van der Waals surface area contributed by atoms with Crippen molar-refractivity contribution in [3.05, 3.63) is 22.4 Å². The number of allylic oxidation sites excluding steroid dienone is 1. The first-order valence-corrected chi connectivity index (χ1v) is 16.9. The summed E-state index contributed by atoms with van der Waals surface area (Å²) in [6.45, 7) is 12.8. The van der Waals surface area contributed by atoms with Crippen LogP contribution in [0.25, 0.3) is 0 Å². The van der Waals surface area contributed by atoms with Crippen LogP contribution in [0.15, 0.2) is 22.4 Å². The zero-order valence-corrected chi connectivity index (χ0v) is 25.7. The molecule has 2 heterocycles. The van der Waals surface area contributed by atoms with E-state index in [9.17, 15) is 4.79 Å². The van der Waals surface area contributed by atoms with Gasteiger partial charge < -0.3 is 14.2 Å². The summed E-state index contributed by atoms with van der Waals surface area (Å²) in [4.78, 5) is 13.0. The monoisotopic (exact) mass is 554 g/mol. The molecule has 1 aliphatic heterocycles. The number of fused-ring (bicyclic) bond motifs is 6. The van der Waals surface area contributed by atoms with E-state index in [2.05, 4.69) is 40.7 Å². The van der Waals surface area contributed by atoms with Crippen molar-refractivity contribution in [3.63, 3.8) is 0 Å². The Labute approximate surface area is 240 Å². The molecule has 39 heavy (non-hydrogen) atoms. The lowest BCUT2D eigenvalue weighted by molar-refractivity contribution is -0.162. The van der Waals surface area contributed by atoms with E-state index in [4.69, 9.17) is 14.2 Å². The number of carbonyl (C=O) groups excluding carboxylic acids is 1. The molecule has 5 heteroatoms. The van der Waals surface area contributed by atoms with Crippen LogP contribution in [0.2, 0.25) is 0 Å². The molecular weight excluding hydrogens is 504 g/mol. The number of hydrogen-bond acceptors (Lipinski definition) is 5. The van der Waals surface area contributed by atoms with E-state index in [1.807, 2.05) is 10.8 Å². The third-order valence-corrected chi connectivity index (χ3v) is 12.8. The second-order valence-corrected chi connectivity index (χ2v) is 15.4. The van der Waals surface area contributed by atoms with E-state index in [1.54, 1.807) is 5.57 Å². The maximum Gasteiger partial charge on any atom is 0.351 e. The first-order chi connectivity index (χ1) is 18.7. The number of esters is 1. The van der Waals surface area contributed by atoms with E-state index in [1.165, 1.54) is 62.7 Å². The molecule has 4 nitrogen and oxygen atoms in total. The molecule has 1 aromatic heterocycles. The van der Waals surface area contributed by atoms with Crippen LogP contribution in [0.4, 0.5) is 0 Å². The second kappa shape index (κ2) is 10.7. The third-order valence-electron chi connectivity index (χ3n) is 12.1. The second-order valence-electron chi connectivity index (χ2n) is 14.6. The average molecular weight is 555 g/mol. The van der Waals surface area contributed by atoms with Crippen LogP contribution in [-0.2, 0) is 9.53 Å². The summed E-state index contributed by atoms with van der Waals surface area (Å²) >= 11 is 1.53. The number of ether oxygens (including phenoxy) is 3. The highest BCUT2D eigenvalue weighted by molar-refractivity contribution is 7.08. The van der Waals surface area contributed by atoms with Gasteiger partial charge in [-0.15, -0.1) is 11.3 Å². The summed E-state index contributed by atoms with van der Waals surface area (Å²) in [5, 5.41) is 3.80. The third kappa shape index (κ3) is 4.97. The predicted octanol–water partition coefficient (Wildman–Crippen LogP) is 8.84. The number of rotatable bonds is 7. The Morgan fingerprint density at radius 3 is 2.69 bits per heavy atom. The Morgan fingerprint density at radius 1 is 1.05 bits per heavy atom. The van der Waals surface area contributed by atoms with Gasteiger partial charge >= 0.3 is 5.97 Å². The van der Waals surface area contributed by atoms with Gasteiger partial charge in [-0.3, -0.25) is 0 Å². The lowest BCUT2D eigenvalue weighted by Gasteiger charge is -2.58. The summed E-state index contributed by atoms with van der Waals surface area (Å²) in [6.07, 6.45) is 15.9. The Bertz CT molecular complexity index is 1080. The predicted molar refractivity (Wildman–Crippen MR) is 157 cm³/mol. The number of hydrogen-bond donors (Lipinski definition) is 0. The van der Waals surface area contributed by atoms with Crippen molar-refractivity contribution in [2.24, 2.45) is 46.3 Å². The van der Waals surface area contributed by atoms with E-state index in [-0.39, 0.29) is 24.1 Å². The van der Waals surface area contributed by atoms with Gasteiger partial charge in [-0.1, -0.05) is 65.5 Å². The molecule has 4 aliphatic carbocycles. The molecule has 0 spiro atoms. The lowest BCUT2D eigenvalue weighted by atomic mass is 9.47. The van der Waals surface area contributed by atoms with Gasteiger partial charge in [0.05, 0.1) is 0 Å². The SMILES string of the molecule is CC(C)CCCC(C)[C@H]1CC[C@H]2C3CC=C4CC(OC(=O)C5COc6cscc6O5)CCC4(C)[C@H]3CCC12C. The topological polar surface area (TPSA) is 44.8 Å². The molecular formula is C34H50O4S. The Morgan fingerprint density at radius 2 is 1.87 bits per heavy atom. The van der Waals surface area contributed by atoms with E-state index in [0.717, 1.165) is 60.5 Å². The number of thiophene rings is 1. The van der Waals surface area contributed by atoms with E-state index in [0.29, 0.717) is 11.2 Å². The maximum atomic E-state index is 13.0. The molecule has 6 rings (SSSR count). The Hall–Kier alpha value is -1.49. The fourth-order valence-corrected chi connectivity index (χ4v) is 10.6. The minimum Gasteiger partial charge on any atom is -0.484 e. The molecule has 3 saturated carbocycles. The highest BCUT2D eigenvalue weighted by Gasteiger charge is 2.59. The summed E-state index contributed by atoms with van der Waals surface area (Å²) in [5.74, 6) is 6.20. The van der Waals surface area contributed by atoms with Gasteiger partial charge in [0.15, 0.2) is 11.5 Å². The standard InChI is InChI=1S/C34H50O4S/c1-21(2)7-6-8-22(3)26-11-12-27-25-10-9-23-17-24(13-15-33(23,4)28(25)14-16-34(26,27)5)37-32(35)29-18-36-30-19-39-20-31(30)38-29/h9,19-22,24-29H,6-8,10-18H2,1-5H3/t22?,24?,25?,26-,27+,28+,29?,33?,34?/m1/s1. The molecule has 0 bridgehead atoms. The maximum absolute atomic E-state index is 13.0. The van der Waals surface area contributed by atoms with Crippen LogP contribution in [0, 0.1) is 46.3 Å². The van der Waals surface area contributed by atoms with Gasteiger partial charge in [0.1, 0.15) is 12.7 Å². The van der Waals surface area contributed by atoms with Crippen LogP contribution in [0.1, 0.15) is 105 Å². The quantitative estimate of drug-likeness (QED) is 0.249. The van der Waals surface area contributed by atoms with Crippen LogP contribution >= 0.6 is 11.3 Å². The van der Waals surface area contributed by atoms with Gasteiger partial charge in [0.2, 0.25) is 6.10 Å². The minimum absolute atomic E-state index is 0.0442. The normalized spacial score (nSPS) is 39.8. The molecule has 1 aromatic rings. The van der Waals surface area contributed by atoms with Crippen molar-refractivity contribution >= 4 is 17.3 Å².